The normalized spacial score (nSPS) is 22.9. The SMILES string of the molecule is CCN1C[C@H](c2ccccc2)CC2(CCN(C(=O)c3cc(C)no3)CC2)C1. The van der Waals surface area contributed by atoms with Crippen LogP contribution in [0.2, 0.25) is 0 Å². The monoisotopic (exact) mass is 367 g/mol. The lowest BCUT2D eigenvalue weighted by Gasteiger charge is -2.50. The first kappa shape index (κ1) is 18.2. The van der Waals surface area contributed by atoms with Gasteiger partial charge in [-0.3, -0.25) is 4.79 Å². The second kappa shape index (κ2) is 7.47. The first-order chi connectivity index (χ1) is 13.1. The van der Waals surface area contributed by atoms with E-state index < -0.39 is 0 Å². The summed E-state index contributed by atoms with van der Waals surface area (Å²) in [7, 11) is 0. The first-order valence-corrected chi connectivity index (χ1v) is 10.1. The number of piperidine rings is 2. The summed E-state index contributed by atoms with van der Waals surface area (Å²) in [6, 6.07) is 12.7. The van der Waals surface area contributed by atoms with Crippen LogP contribution in [0.25, 0.3) is 0 Å². The Morgan fingerprint density at radius 2 is 2.00 bits per heavy atom. The van der Waals surface area contributed by atoms with Gasteiger partial charge in [-0.1, -0.05) is 42.4 Å². The van der Waals surface area contributed by atoms with Crippen molar-refractivity contribution in [3.63, 3.8) is 0 Å². The average molecular weight is 367 g/mol. The van der Waals surface area contributed by atoms with E-state index in [1.165, 1.54) is 12.0 Å². The number of carbonyl (C=O) groups excluding carboxylic acids is 1. The lowest BCUT2D eigenvalue weighted by Crippen LogP contribution is -2.52. The molecule has 2 saturated heterocycles. The number of rotatable bonds is 3. The Kier molecular flexibility index (Phi) is 5.04. The Hall–Kier alpha value is -2.14. The van der Waals surface area contributed by atoms with Crippen LogP contribution in [0.3, 0.4) is 0 Å². The summed E-state index contributed by atoms with van der Waals surface area (Å²) in [6.45, 7) is 9.08. The van der Waals surface area contributed by atoms with Gasteiger partial charge in [0.2, 0.25) is 5.76 Å². The average Bonchev–Trinajstić information content (AvgIpc) is 3.15. The minimum absolute atomic E-state index is 0.0202. The highest BCUT2D eigenvalue weighted by Gasteiger charge is 2.42. The van der Waals surface area contributed by atoms with Crippen LogP contribution in [0.5, 0.6) is 0 Å². The number of carbonyl (C=O) groups is 1. The standard InChI is InChI=1S/C22H29N3O2/c1-3-24-15-19(18-7-5-4-6-8-18)14-22(16-24)9-11-25(12-10-22)21(26)20-13-17(2)23-27-20/h4-8,13,19H,3,9-12,14-16H2,1-2H3/t19-/m1/s1. The van der Waals surface area contributed by atoms with Crippen molar-refractivity contribution >= 4 is 5.91 Å². The van der Waals surface area contributed by atoms with Gasteiger partial charge in [-0.25, -0.2) is 0 Å². The number of aromatic nitrogens is 1. The summed E-state index contributed by atoms with van der Waals surface area (Å²) in [6.07, 6.45) is 3.34. The van der Waals surface area contributed by atoms with E-state index in [2.05, 4.69) is 47.3 Å². The molecule has 3 heterocycles. The zero-order valence-corrected chi connectivity index (χ0v) is 16.4. The minimum Gasteiger partial charge on any atom is -0.351 e. The Morgan fingerprint density at radius 1 is 1.26 bits per heavy atom. The molecule has 1 aromatic heterocycles. The van der Waals surface area contributed by atoms with Crippen molar-refractivity contribution in [3.8, 4) is 0 Å². The van der Waals surface area contributed by atoms with Crippen molar-refractivity contribution in [3.05, 3.63) is 53.4 Å². The molecule has 1 atom stereocenters. The van der Waals surface area contributed by atoms with Gasteiger partial charge in [0.15, 0.2) is 0 Å². The van der Waals surface area contributed by atoms with Crippen LogP contribution < -0.4 is 0 Å². The van der Waals surface area contributed by atoms with Crippen molar-refractivity contribution in [1.29, 1.82) is 0 Å². The Bertz CT molecular complexity index is 778. The van der Waals surface area contributed by atoms with Gasteiger partial charge in [-0.15, -0.1) is 0 Å². The van der Waals surface area contributed by atoms with E-state index in [1.54, 1.807) is 6.07 Å². The molecule has 0 saturated carbocycles. The molecule has 0 radical (unpaired) electrons. The number of hydrogen-bond donors (Lipinski definition) is 0. The molecule has 27 heavy (non-hydrogen) atoms. The van der Waals surface area contributed by atoms with E-state index >= 15 is 0 Å². The summed E-state index contributed by atoms with van der Waals surface area (Å²) in [5.74, 6) is 0.928. The van der Waals surface area contributed by atoms with Crippen LogP contribution in [-0.4, -0.2) is 53.6 Å². The predicted molar refractivity (Wildman–Crippen MR) is 105 cm³/mol. The molecule has 2 aliphatic rings. The van der Waals surface area contributed by atoms with E-state index in [0.29, 0.717) is 17.1 Å². The molecule has 5 heteroatoms. The molecular formula is C22H29N3O2. The molecule has 2 fully saturated rings. The molecule has 0 N–H and O–H groups in total. The van der Waals surface area contributed by atoms with Crippen molar-refractivity contribution in [1.82, 2.24) is 15.0 Å². The minimum atomic E-state index is -0.0202. The van der Waals surface area contributed by atoms with Gasteiger partial charge in [-0.2, -0.15) is 0 Å². The van der Waals surface area contributed by atoms with Crippen molar-refractivity contribution in [2.75, 3.05) is 32.7 Å². The second-order valence-electron chi connectivity index (χ2n) is 8.26. The highest BCUT2D eigenvalue weighted by atomic mass is 16.5. The number of likely N-dealkylation sites (N-methyl/N-ethyl adjacent to an activating group) is 1. The van der Waals surface area contributed by atoms with Crippen LogP contribution in [0.15, 0.2) is 40.9 Å². The summed E-state index contributed by atoms with van der Waals surface area (Å²) in [4.78, 5) is 17.2. The maximum absolute atomic E-state index is 12.7. The van der Waals surface area contributed by atoms with Gasteiger partial charge in [0, 0.05) is 32.2 Å². The number of likely N-dealkylation sites (tertiary alicyclic amines) is 2. The number of hydrogen-bond acceptors (Lipinski definition) is 4. The Balaban J connectivity index is 1.46. The predicted octanol–water partition coefficient (Wildman–Crippen LogP) is 3.71. The largest absolute Gasteiger partial charge is 0.351 e. The number of nitrogens with zero attached hydrogens (tertiary/aromatic N) is 3. The quantitative estimate of drug-likeness (QED) is 0.830. The fourth-order valence-electron chi connectivity index (χ4n) is 4.86. The third kappa shape index (κ3) is 3.79. The molecule has 0 unspecified atom stereocenters. The molecule has 1 spiro atoms. The highest BCUT2D eigenvalue weighted by molar-refractivity contribution is 5.91. The van der Waals surface area contributed by atoms with Crippen molar-refractivity contribution in [2.45, 2.75) is 39.0 Å². The van der Waals surface area contributed by atoms with Gasteiger partial charge in [0.1, 0.15) is 0 Å². The van der Waals surface area contributed by atoms with Crippen LogP contribution in [0, 0.1) is 12.3 Å². The summed E-state index contributed by atoms with van der Waals surface area (Å²) in [5, 5.41) is 3.85. The molecule has 2 aromatic rings. The molecule has 2 aliphatic heterocycles. The molecular weight excluding hydrogens is 338 g/mol. The molecule has 0 aliphatic carbocycles. The van der Waals surface area contributed by atoms with Gasteiger partial charge in [0.25, 0.3) is 5.91 Å². The molecule has 4 rings (SSSR count). The Morgan fingerprint density at radius 3 is 2.63 bits per heavy atom. The summed E-state index contributed by atoms with van der Waals surface area (Å²) < 4.78 is 5.18. The molecule has 144 valence electrons. The second-order valence-corrected chi connectivity index (χ2v) is 8.26. The smallest absolute Gasteiger partial charge is 0.292 e. The summed E-state index contributed by atoms with van der Waals surface area (Å²) >= 11 is 0. The Labute approximate surface area is 161 Å². The third-order valence-corrected chi connectivity index (χ3v) is 6.39. The zero-order chi connectivity index (χ0) is 18.9. The molecule has 5 nitrogen and oxygen atoms in total. The third-order valence-electron chi connectivity index (χ3n) is 6.39. The molecule has 0 bridgehead atoms. The van der Waals surface area contributed by atoms with Crippen LogP contribution in [0.4, 0.5) is 0 Å². The van der Waals surface area contributed by atoms with Crippen LogP contribution in [-0.2, 0) is 0 Å². The van der Waals surface area contributed by atoms with E-state index in [4.69, 9.17) is 4.52 Å². The molecule has 1 amide bonds. The van der Waals surface area contributed by atoms with Crippen LogP contribution >= 0.6 is 0 Å². The van der Waals surface area contributed by atoms with Gasteiger partial charge < -0.3 is 14.3 Å². The maximum atomic E-state index is 12.7. The number of benzene rings is 1. The lowest BCUT2D eigenvalue weighted by atomic mass is 9.68. The maximum Gasteiger partial charge on any atom is 0.292 e. The van der Waals surface area contributed by atoms with Crippen LogP contribution in [0.1, 0.15) is 53.9 Å². The van der Waals surface area contributed by atoms with Gasteiger partial charge in [0.05, 0.1) is 5.69 Å². The van der Waals surface area contributed by atoms with E-state index in [1.807, 2.05) is 11.8 Å². The first-order valence-electron chi connectivity index (χ1n) is 10.1. The topological polar surface area (TPSA) is 49.6 Å². The summed E-state index contributed by atoms with van der Waals surface area (Å²) in [5.41, 5.74) is 2.51. The van der Waals surface area contributed by atoms with E-state index in [9.17, 15) is 4.79 Å². The fraction of sp³-hybridized carbons (Fsp3) is 0.545. The lowest BCUT2D eigenvalue weighted by molar-refractivity contribution is 0.0144. The number of amides is 1. The van der Waals surface area contributed by atoms with Crippen molar-refractivity contribution < 1.29 is 9.32 Å². The molecule has 1 aromatic carbocycles. The van der Waals surface area contributed by atoms with Crippen molar-refractivity contribution in [2.24, 2.45) is 5.41 Å². The highest BCUT2D eigenvalue weighted by Crippen LogP contribution is 2.45. The number of aryl methyl sites for hydroxylation is 1. The van der Waals surface area contributed by atoms with Gasteiger partial charge >= 0.3 is 0 Å². The van der Waals surface area contributed by atoms with Gasteiger partial charge in [-0.05, 0) is 49.6 Å². The van der Waals surface area contributed by atoms with E-state index in [0.717, 1.165) is 51.3 Å². The van der Waals surface area contributed by atoms with E-state index in [-0.39, 0.29) is 5.91 Å². The fourth-order valence-corrected chi connectivity index (χ4v) is 4.86. The zero-order valence-electron chi connectivity index (χ0n) is 16.4.